The molecule has 2 fully saturated rings. The fraction of sp³-hybridized carbons (Fsp3) is 0.522. The first kappa shape index (κ1) is 19.4. The van der Waals surface area contributed by atoms with Crippen LogP contribution < -0.4 is 4.90 Å². The molecule has 0 aliphatic carbocycles. The standard InChI is InChI=1S/C23H29FN6/c1-14-11-29(12-14)22-9-23(27-16(3)26-22)30-21-8-19(15(2)7-17(21)10-25-30)18-5-6-28(4)13-20(18)24/h7-10,14,18,20H,5-6,11-13H2,1-4H3/t18-,20-/m1/s1. The number of piperidine rings is 1. The largest absolute Gasteiger partial charge is 0.356 e. The van der Waals surface area contributed by atoms with E-state index < -0.39 is 6.17 Å². The first-order valence-electron chi connectivity index (χ1n) is 10.8. The summed E-state index contributed by atoms with van der Waals surface area (Å²) in [5.74, 6) is 3.08. The van der Waals surface area contributed by atoms with Crippen molar-refractivity contribution in [3.63, 3.8) is 0 Å². The fourth-order valence-electron chi connectivity index (χ4n) is 4.89. The van der Waals surface area contributed by atoms with Crippen LogP contribution >= 0.6 is 0 Å². The van der Waals surface area contributed by atoms with Gasteiger partial charge in [-0.3, -0.25) is 0 Å². The second-order valence-electron chi connectivity index (χ2n) is 9.14. The van der Waals surface area contributed by atoms with E-state index in [1.165, 1.54) is 0 Å². The Labute approximate surface area is 176 Å². The summed E-state index contributed by atoms with van der Waals surface area (Å²) in [5.41, 5.74) is 3.20. The van der Waals surface area contributed by atoms with Crippen molar-refractivity contribution in [3.05, 3.63) is 41.3 Å². The quantitative estimate of drug-likeness (QED) is 0.662. The zero-order valence-electron chi connectivity index (χ0n) is 18.1. The first-order chi connectivity index (χ1) is 14.4. The zero-order chi connectivity index (χ0) is 21.0. The van der Waals surface area contributed by atoms with Crippen molar-refractivity contribution in [1.82, 2.24) is 24.6 Å². The van der Waals surface area contributed by atoms with Gasteiger partial charge in [0.05, 0.1) is 11.7 Å². The minimum atomic E-state index is -0.849. The highest BCUT2D eigenvalue weighted by Crippen LogP contribution is 2.35. The molecule has 2 aliphatic heterocycles. The predicted molar refractivity (Wildman–Crippen MR) is 117 cm³/mol. The number of nitrogens with zero attached hydrogens (tertiary/aromatic N) is 6. The van der Waals surface area contributed by atoms with Crippen LogP contribution in [0.25, 0.3) is 16.7 Å². The third-order valence-corrected chi connectivity index (χ3v) is 6.52. The molecule has 7 heteroatoms. The second-order valence-corrected chi connectivity index (χ2v) is 9.14. The SMILES string of the molecule is Cc1nc(N2CC(C)C2)cc(-n2ncc3cc(C)c([C@H]4CCN(C)C[C@H]4F)cc32)n1. The van der Waals surface area contributed by atoms with E-state index in [4.69, 9.17) is 0 Å². The second kappa shape index (κ2) is 7.30. The van der Waals surface area contributed by atoms with Crippen LogP contribution in [0.5, 0.6) is 0 Å². The molecule has 0 bridgehead atoms. The van der Waals surface area contributed by atoms with E-state index in [0.717, 1.165) is 65.5 Å². The molecule has 4 heterocycles. The molecular formula is C23H29FN6. The molecule has 2 aromatic heterocycles. The Morgan fingerprint density at radius 2 is 1.80 bits per heavy atom. The normalized spacial score (nSPS) is 23.2. The molecule has 2 saturated heterocycles. The van der Waals surface area contributed by atoms with Gasteiger partial charge in [-0.1, -0.05) is 6.92 Å². The monoisotopic (exact) mass is 408 g/mol. The van der Waals surface area contributed by atoms with E-state index in [2.05, 4.69) is 50.8 Å². The van der Waals surface area contributed by atoms with E-state index in [1.54, 1.807) is 0 Å². The number of hydrogen-bond donors (Lipinski definition) is 0. The number of aromatic nitrogens is 4. The Bertz CT molecular complexity index is 1090. The summed E-state index contributed by atoms with van der Waals surface area (Å²) in [6, 6.07) is 6.27. The molecule has 6 nitrogen and oxygen atoms in total. The third kappa shape index (κ3) is 3.35. The lowest BCUT2D eigenvalue weighted by atomic mass is 9.85. The van der Waals surface area contributed by atoms with Crippen LogP contribution in [0.15, 0.2) is 24.4 Å². The topological polar surface area (TPSA) is 50.1 Å². The number of benzene rings is 1. The molecule has 0 spiro atoms. The number of hydrogen-bond acceptors (Lipinski definition) is 5. The molecule has 0 saturated carbocycles. The molecule has 5 rings (SSSR count). The highest BCUT2D eigenvalue weighted by Gasteiger charge is 2.30. The summed E-state index contributed by atoms with van der Waals surface area (Å²) in [6.45, 7) is 9.70. The number of halogens is 1. The average molecular weight is 409 g/mol. The van der Waals surface area contributed by atoms with E-state index in [9.17, 15) is 4.39 Å². The summed E-state index contributed by atoms with van der Waals surface area (Å²) >= 11 is 0. The molecule has 30 heavy (non-hydrogen) atoms. The molecule has 0 amide bonds. The van der Waals surface area contributed by atoms with Gasteiger partial charge in [0, 0.05) is 37.0 Å². The van der Waals surface area contributed by atoms with Crippen molar-refractivity contribution in [1.29, 1.82) is 0 Å². The third-order valence-electron chi connectivity index (χ3n) is 6.52. The van der Waals surface area contributed by atoms with Crippen LogP contribution in [0.2, 0.25) is 0 Å². The first-order valence-corrected chi connectivity index (χ1v) is 10.8. The van der Waals surface area contributed by atoms with Gasteiger partial charge in [-0.2, -0.15) is 5.10 Å². The Hall–Kier alpha value is -2.54. The summed E-state index contributed by atoms with van der Waals surface area (Å²) in [7, 11) is 1.99. The lowest BCUT2D eigenvalue weighted by Crippen LogP contribution is -2.45. The number of alkyl halides is 1. The van der Waals surface area contributed by atoms with Crippen LogP contribution in [0.4, 0.5) is 10.2 Å². The van der Waals surface area contributed by atoms with Gasteiger partial charge in [-0.25, -0.2) is 19.0 Å². The van der Waals surface area contributed by atoms with Crippen LogP contribution in [0.3, 0.4) is 0 Å². The van der Waals surface area contributed by atoms with E-state index in [0.29, 0.717) is 12.5 Å². The minimum absolute atomic E-state index is 0.0702. The molecule has 0 N–H and O–H groups in total. The van der Waals surface area contributed by atoms with Crippen LogP contribution in [0.1, 0.15) is 36.2 Å². The van der Waals surface area contributed by atoms with E-state index >= 15 is 0 Å². The number of aryl methyl sites for hydroxylation is 2. The average Bonchev–Trinajstić information content (AvgIpc) is 3.07. The highest BCUT2D eigenvalue weighted by molar-refractivity contribution is 5.82. The smallest absolute Gasteiger partial charge is 0.159 e. The van der Waals surface area contributed by atoms with Crippen LogP contribution in [-0.4, -0.2) is 64.0 Å². The van der Waals surface area contributed by atoms with Crippen LogP contribution in [-0.2, 0) is 0 Å². The molecule has 158 valence electrons. The Kier molecular flexibility index (Phi) is 4.73. The lowest BCUT2D eigenvalue weighted by molar-refractivity contribution is 0.139. The number of rotatable bonds is 3. The Morgan fingerprint density at radius 1 is 1.03 bits per heavy atom. The Balaban J connectivity index is 1.56. The minimum Gasteiger partial charge on any atom is -0.356 e. The maximum absolute atomic E-state index is 14.9. The molecule has 3 aromatic rings. The van der Waals surface area contributed by atoms with Crippen molar-refractivity contribution < 1.29 is 4.39 Å². The van der Waals surface area contributed by atoms with Crippen molar-refractivity contribution in [2.24, 2.45) is 5.92 Å². The van der Waals surface area contributed by atoms with Crippen molar-refractivity contribution in [2.45, 2.75) is 39.3 Å². The lowest BCUT2D eigenvalue weighted by Gasteiger charge is -2.38. The summed E-state index contributed by atoms with van der Waals surface area (Å²) < 4.78 is 16.8. The van der Waals surface area contributed by atoms with Crippen molar-refractivity contribution >= 4 is 16.7 Å². The number of likely N-dealkylation sites (tertiary alicyclic amines) is 1. The van der Waals surface area contributed by atoms with Gasteiger partial charge >= 0.3 is 0 Å². The molecule has 1 aromatic carbocycles. The van der Waals surface area contributed by atoms with Gasteiger partial charge in [0.1, 0.15) is 17.8 Å². The highest BCUT2D eigenvalue weighted by atomic mass is 19.1. The fourth-order valence-corrected chi connectivity index (χ4v) is 4.89. The van der Waals surface area contributed by atoms with Gasteiger partial charge in [-0.05, 0) is 63.0 Å². The summed E-state index contributed by atoms with van der Waals surface area (Å²) in [5, 5.41) is 5.68. The predicted octanol–water partition coefficient (Wildman–Crippen LogP) is 3.65. The van der Waals surface area contributed by atoms with Gasteiger partial charge in [0.15, 0.2) is 5.82 Å². The van der Waals surface area contributed by atoms with Crippen molar-refractivity contribution in [3.8, 4) is 5.82 Å². The molecule has 2 atom stereocenters. The van der Waals surface area contributed by atoms with Crippen molar-refractivity contribution in [2.75, 3.05) is 38.1 Å². The molecule has 0 unspecified atom stereocenters. The van der Waals surface area contributed by atoms with E-state index in [-0.39, 0.29) is 5.92 Å². The van der Waals surface area contributed by atoms with Gasteiger partial charge in [-0.15, -0.1) is 0 Å². The molecule has 0 radical (unpaired) electrons. The number of fused-ring (bicyclic) bond motifs is 1. The van der Waals surface area contributed by atoms with Crippen LogP contribution in [0, 0.1) is 19.8 Å². The molecule has 2 aliphatic rings. The summed E-state index contributed by atoms with van der Waals surface area (Å²) in [4.78, 5) is 13.6. The van der Waals surface area contributed by atoms with Gasteiger partial charge in [0.2, 0.25) is 0 Å². The number of anilines is 1. The van der Waals surface area contributed by atoms with Gasteiger partial charge in [0.25, 0.3) is 0 Å². The molecular weight excluding hydrogens is 379 g/mol. The Morgan fingerprint density at radius 3 is 2.53 bits per heavy atom. The zero-order valence-corrected chi connectivity index (χ0v) is 18.1. The van der Waals surface area contributed by atoms with E-state index in [1.807, 2.05) is 30.9 Å². The summed E-state index contributed by atoms with van der Waals surface area (Å²) in [6.07, 6.45) is 1.86. The van der Waals surface area contributed by atoms with Gasteiger partial charge < -0.3 is 9.80 Å². The maximum Gasteiger partial charge on any atom is 0.159 e. The maximum atomic E-state index is 14.9.